The molecule has 12 heavy (non-hydrogen) atoms. The maximum Gasteiger partial charge on any atom is 0.222 e. The van der Waals surface area contributed by atoms with E-state index in [2.05, 4.69) is 11.8 Å². The third-order valence-corrected chi connectivity index (χ3v) is 2.07. The first kappa shape index (κ1) is 11.0. The molecule has 0 aliphatic carbocycles. The number of hydrogen-bond acceptors (Lipinski definition) is 1. The van der Waals surface area contributed by atoms with Gasteiger partial charge in [-0.25, -0.2) is 0 Å². The molecule has 0 bridgehead atoms. The molecule has 0 aromatic carbocycles. The zero-order valence-corrected chi connectivity index (χ0v) is 8.27. The third kappa shape index (κ3) is 2.58. The predicted molar refractivity (Wildman–Crippen MR) is 50.2 cm³/mol. The Morgan fingerprint density at radius 2 is 2.08 bits per heavy atom. The first-order valence-corrected chi connectivity index (χ1v) is 4.19. The molecule has 0 saturated heterocycles. The van der Waals surface area contributed by atoms with Crippen molar-refractivity contribution >= 4 is 5.91 Å². The fourth-order valence-electron chi connectivity index (χ4n) is 1.48. The van der Waals surface area contributed by atoms with Gasteiger partial charge in [0.05, 0.1) is 5.92 Å². The number of carbonyl (C=O) groups excluding carboxylic acids is 1. The molecule has 0 radical (unpaired) electrons. The van der Waals surface area contributed by atoms with Crippen LogP contribution < -0.4 is 5.73 Å². The normalized spacial score (nSPS) is 13.0. The smallest absolute Gasteiger partial charge is 0.222 e. The molecule has 1 unspecified atom stereocenters. The summed E-state index contributed by atoms with van der Waals surface area (Å²) < 4.78 is 0. The lowest BCUT2D eigenvalue weighted by Gasteiger charge is -2.25. The molecule has 1 amide bonds. The van der Waals surface area contributed by atoms with Crippen molar-refractivity contribution in [1.82, 2.24) is 0 Å². The fourth-order valence-corrected chi connectivity index (χ4v) is 1.48. The molecule has 2 nitrogen and oxygen atoms in total. The monoisotopic (exact) mass is 167 g/mol. The van der Waals surface area contributed by atoms with Gasteiger partial charge in [0.2, 0.25) is 5.91 Å². The molecule has 1 atom stereocenters. The van der Waals surface area contributed by atoms with Gasteiger partial charge in [-0.15, -0.1) is 5.92 Å². The van der Waals surface area contributed by atoms with Crippen LogP contribution in [0.5, 0.6) is 0 Å². The van der Waals surface area contributed by atoms with Gasteiger partial charge >= 0.3 is 0 Å². The summed E-state index contributed by atoms with van der Waals surface area (Å²) in [4.78, 5) is 11.0. The van der Waals surface area contributed by atoms with Gasteiger partial charge in [0.1, 0.15) is 0 Å². The van der Waals surface area contributed by atoms with Crippen LogP contribution in [0.3, 0.4) is 0 Å². The Morgan fingerprint density at radius 1 is 1.58 bits per heavy atom. The number of carbonyl (C=O) groups is 1. The molecule has 0 heterocycles. The Labute approximate surface area is 74.5 Å². The van der Waals surface area contributed by atoms with Crippen LogP contribution in [0.4, 0.5) is 0 Å². The maximum atomic E-state index is 11.0. The Bertz CT molecular complexity index is 220. The lowest BCUT2D eigenvalue weighted by Crippen LogP contribution is -2.34. The largest absolute Gasteiger partial charge is 0.369 e. The molecule has 0 aromatic rings. The summed E-state index contributed by atoms with van der Waals surface area (Å²) in [5.41, 5.74) is 4.96. The Hall–Kier alpha value is -0.970. The highest BCUT2D eigenvalue weighted by atomic mass is 16.1. The van der Waals surface area contributed by atoms with Crippen molar-refractivity contribution in [3.05, 3.63) is 0 Å². The summed E-state index contributed by atoms with van der Waals surface area (Å²) in [6.45, 7) is 7.62. The molecule has 2 N–H and O–H groups in total. The zero-order chi connectivity index (χ0) is 9.78. The van der Waals surface area contributed by atoms with Gasteiger partial charge in [0.15, 0.2) is 0 Å². The predicted octanol–water partition coefficient (Wildman–Crippen LogP) is 1.55. The van der Waals surface area contributed by atoms with Crippen molar-refractivity contribution in [3.63, 3.8) is 0 Å². The molecular weight excluding hydrogens is 150 g/mol. The van der Waals surface area contributed by atoms with Gasteiger partial charge in [-0.1, -0.05) is 12.8 Å². The van der Waals surface area contributed by atoms with Gasteiger partial charge in [0, 0.05) is 5.41 Å². The molecule has 0 aromatic heterocycles. The molecule has 0 aliphatic rings. The molecule has 0 saturated carbocycles. The van der Waals surface area contributed by atoms with Crippen molar-refractivity contribution in [2.24, 2.45) is 17.1 Å². The van der Waals surface area contributed by atoms with Gasteiger partial charge in [-0.2, -0.15) is 0 Å². The Kier molecular flexibility index (Phi) is 3.82. The van der Waals surface area contributed by atoms with E-state index in [0.717, 1.165) is 6.42 Å². The molecule has 68 valence electrons. The van der Waals surface area contributed by atoms with Gasteiger partial charge in [-0.05, 0) is 27.2 Å². The van der Waals surface area contributed by atoms with Crippen LogP contribution in [-0.2, 0) is 4.79 Å². The van der Waals surface area contributed by atoms with Crippen LogP contribution in [0.25, 0.3) is 0 Å². The van der Waals surface area contributed by atoms with Gasteiger partial charge < -0.3 is 5.73 Å². The second-order valence-corrected chi connectivity index (χ2v) is 3.46. The average Bonchev–Trinajstić information content (AvgIpc) is 1.86. The van der Waals surface area contributed by atoms with Crippen LogP contribution in [0.15, 0.2) is 0 Å². The van der Waals surface area contributed by atoms with E-state index < -0.39 is 0 Å². The van der Waals surface area contributed by atoms with Crippen molar-refractivity contribution in [3.8, 4) is 11.8 Å². The summed E-state index contributed by atoms with van der Waals surface area (Å²) >= 11 is 0. The molecule has 0 fully saturated rings. The summed E-state index contributed by atoms with van der Waals surface area (Å²) in [7, 11) is 0. The van der Waals surface area contributed by atoms with Crippen LogP contribution in [0.1, 0.15) is 34.1 Å². The third-order valence-electron chi connectivity index (χ3n) is 2.07. The van der Waals surface area contributed by atoms with Crippen LogP contribution in [0.2, 0.25) is 0 Å². The van der Waals surface area contributed by atoms with Crippen molar-refractivity contribution in [2.75, 3.05) is 0 Å². The summed E-state index contributed by atoms with van der Waals surface area (Å²) in [5.74, 6) is 5.42. The number of hydrogen-bond donors (Lipinski definition) is 1. The standard InChI is InChI=1S/C10H17NO/c1-5-7-10(3,4)8(6-2)9(11)12/h8H,6H2,1-4H3,(H2,11,12). The van der Waals surface area contributed by atoms with Crippen LogP contribution in [-0.4, -0.2) is 5.91 Å². The zero-order valence-electron chi connectivity index (χ0n) is 8.27. The molecule has 2 heteroatoms. The highest BCUT2D eigenvalue weighted by Crippen LogP contribution is 2.28. The highest BCUT2D eigenvalue weighted by molar-refractivity contribution is 5.78. The topological polar surface area (TPSA) is 43.1 Å². The van der Waals surface area contributed by atoms with E-state index in [1.54, 1.807) is 6.92 Å². The van der Waals surface area contributed by atoms with E-state index in [0.29, 0.717) is 0 Å². The molecule has 0 spiro atoms. The molecular formula is C10H17NO. The first-order valence-electron chi connectivity index (χ1n) is 4.19. The van der Waals surface area contributed by atoms with Gasteiger partial charge in [0.25, 0.3) is 0 Å². The highest BCUT2D eigenvalue weighted by Gasteiger charge is 2.30. The summed E-state index contributed by atoms with van der Waals surface area (Å²) in [6.07, 6.45) is 0.747. The molecule has 0 rings (SSSR count). The average molecular weight is 167 g/mol. The SMILES string of the molecule is CC#CC(C)(C)C(CC)C(N)=O. The van der Waals surface area contributed by atoms with E-state index in [9.17, 15) is 4.79 Å². The fraction of sp³-hybridized carbons (Fsp3) is 0.700. The van der Waals surface area contributed by atoms with E-state index in [1.807, 2.05) is 20.8 Å². The van der Waals surface area contributed by atoms with Crippen LogP contribution >= 0.6 is 0 Å². The van der Waals surface area contributed by atoms with E-state index in [-0.39, 0.29) is 17.2 Å². The van der Waals surface area contributed by atoms with Crippen molar-refractivity contribution in [2.45, 2.75) is 34.1 Å². The molecule has 0 aliphatic heterocycles. The lowest BCUT2D eigenvalue weighted by atomic mass is 9.77. The van der Waals surface area contributed by atoms with E-state index in [4.69, 9.17) is 5.73 Å². The summed E-state index contributed by atoms with van der Waals surface area (Å²) in [6, 6.07) is 0. The lowest BCUT2D eigenvalue weighted by molar-refractivity contribution is -0.124. The second kappa shape index (κ2) is 4.15. The summed E-state index contributed by atoms with van der Waals surface area (Å²) in [5, 5.41) is 0. The number of primary amides is 1. The minimum Gasteiger partial charge on any atom is -0.369 e. The Morgan fingerprint density at radius 3 is 2.33 bits per heavy atom. The van der Waals surface area contributed by atoms with Crippen molar-refractivity contribution < 1.29 is 4.79 Å². The quantitative estimate of drug-likeness (QED) is 0.637. The first-order chi connectivity index (χ1) is 5.45. The number of amides is 1. The Balaban J connectivity index is 4.66. The minimum absolute atomic E-state index is 0.148. The van der Waals surface area contributed by atoms with Gasteiger partial charge in [-0.3, -0.25) is 4.79 Å². The van der Waals surface area contributed by atoms with E-state index >= 15 is 0 Å². The van der Waals surface area contributed by atoms with Crippen molar-refractivity contribution in [1.29, 1.82) is 0 Å². The van der Waals surface area contributed by atoms with E-state index in [1.165, 1.54) is 0 Å². The maximum absolute atomic E-state index is 11.0. The second-order valence-electron chi connectivity index (χ2n) is 3.46. The van der Waals surface area contributed by atoms with Crippen LogP contribution in [0, 0.1) is 23.2 Å². The minimum atomic E-state index is -0.296. The number of rotatable bonds is 3. The number of nitrogens with two attached hydrogens (primary N) is 1.